The summed E-state index contributed by atoms with van der Waals surface area (Å²) in [5.41, 5.74) is -0.977. The number of aliphatic hydroxyl groups is 2. The minimum absolute atomic E-state index is 0.0651. The summed E-state index contributed by atoms with van der Waals surface area (Å²) < 4.78 is 13.9. The smallest absolute Gasteiger partial charge is 0.268 e. The average molecular weight is 416 g/mol. The maximum absolute atomic E-state index is 13.9. The molecule has 2 aromatic rings. The van der Waals surface area contributed by atoms with Crippen molar-refractivity contribution in [2.24, 2.45) is 0 Å². The molecule has 0 aliphatic heterocycles. The van der Waals surface area contributed by atoms with Crippen LogP contribution in [0.5, 0.6) is 5.75 Å². The molecular weight excluding hydrogens is 401 g/mol. The summed E-state index contributed by atoms with van der Waals surface area (Å²) in [4.78, 5) is 13.6. The number of likely N-dealkylation sites (N-methyl/N-ethyl adjacent to an activating group) is 1. The second-order valence-electron chi connectivity index (χ2n) is 6.03. The number of phenols is 1. The number of aromatic hydroxyl groups is 1. The van der Waals surface area contributed by atoms with Gasteiger partial charge in [0.2, 0.25) is 0 Å². The Hall–Kier alpha value is -3.59. The Bertz CT molecular complexity index is 1090. The summed E-state index contributed by atoms with van der Waals surface area (Å²) in [6.45, 7) is -0.851. The normalized spacial score (nSPS) is 11.2. The molecule has 0 saturated heterocycles. The molecule has 2 rings (SSSR count). The Morgan fingerprint density at radius 2 is 1.93 bits per heavy atom. The van der Waals surface area contributed by atoms with E-state index in [4.69, 9.17) is 16.9 Å². The van der Waals surface area contributed by atoms with Gasteiger partial charge in [-0.05, 0) is 30.3 Å². The van der Waals surface area contributed by atoms with Gasteiger partial charge in [0.05, 0.1) is 12.2 Å². The maximum Gasteiger partial charge on any atom is 0.268 e. The van der Waals surface area contributed by atoms with Crippen molar-refractivity contribution in [1.82, 2.24) is 4.90 Å². The molecule has 0 bridgehead atoms. The SMILES string of the molecule is CN(Cc1cc(Cl)ccc1F)C(=O)/C(C#N)=C(\O)c1cc(C#N)c(O)c(CO)c1. The fourth-order valence-corrected chi connectivity index (χ4v) is 2.76. The Morgan fingerprint density at radius 1 is 1.24 bits per heavy atom. The number of hydrogen-bond donors (Lipinski definition) is 3. The first-order valence-electron chi connectivity index (χ1n) is 8.13. The molecule has 0 heterocycles. The number of benzene rings is 2. The molecule has 29 heavy (non-hydrogen) atoms. The van der Waals surface area contributed by atoms with Crippen LogP contribution < -0.4 is 0 Å². The van der Waals surface area contributed by atoms with E-state index in [-0.39, 0.29) is 33.8 Å². The Labute approximate surface area is 170 Å². The first-order valence-corrected chi connectivity index (χ1v) is 8.51. The van der Waals surface area contributed by atoms with Crippen LogP contribution in [0.25, 0.3) is 5.76 Å². The third-order valence-corrected chi connectivity index (χ3v) is 4.31. The molecule has 0 aliphatic carbocycles. The number of rotatable bonds is 5. The monoisotopic (exact) mass is 415 g/mol. The molecule has 0 aromatic heterocycles. The molecule has 0 atom stereocenters. The van der Waals surface area contributed by atoms with Gasteiger partial charge in [-0.1, -0.05) is 11.6 Å². The highest BCUT2D eigenvalue weighted by molar-refractivity contribution is 6.30. The number of carbonyl (C=O) groups is 1. The van der Waals surface area contributed by atoms with E-state index in [1.54, 1.807) is 12.1 Å². The van der Waals surface area contributed by atoms with E-state index in [9.17, 15) is 29.8 Å². The molecule has 2 aromatic carbocycles. The summed E-state index contributed by atoms with van der Waals surface area (Å²) in [6.07, 6.45) is 0. The number of hydrogen-bond acceptors (Lipinski definition) is 6. The number of amides is 1. The van der Waals surface area contributed by atoms with Gasteiger partial charge in [-0.25, -0.2) is 4.39 Å². The maximum atomic E-state index is 13.9. The van der Waals surface area contributed by atoms with Crippen LogP contribution >= 0.6 is 11.6 Å². The minimum atomic E-state index is -0.901. The van der Waals surface area contributed by atoms with Crippen molar-refractivity contribution in [3.63, 3.8) is 0 Å². The molecule has 3 N–H and O–H groups in total. The van der Waals surface area contributed by atoms with Crippen LogP contribution in [0, 0.1) is 28.5 Å². The van der Waals surface area contributed by atoms with Gasteiger partial charge in [0.25, 0.3) is 5.91 Å². The zero-order valence-electron chi connectivity index (χ0n) is 15.1. The molecule has 9 heteroatoms. The van der Waals surface area contributed by atoms with Crippen molar-refractivity contribution < 1.29 is 24.5 Å². The van der Waals surface area contributed by atoms with E-state index < -0.39 is 35.4 Å². The van der Waals surface area contributed by atoms with Gasteiger partial charge >= 0.3 is 0 Å². The van der Waals surface area contributed by atoms with Crippen LogP contribution in [-0.4, -0.2) is 33.2 Å². The predicted octanol–water partition coefficient (Wildman–Crippen LogP) is 3.00. The predicted molar refractivity (Wildman–Crippen MR) is 102 cm³/mol. The lowest BCUT2D eigenvalue weighted by Crippen LogP contribution is -2.28. The van der Waals surface area contributed by atoms with Gasteiger partial charge in [0.15, 0.2) is 5.57 Å². The molecule has 1 amide bonds. The van der Waals surface area contributed by atoms with Gasteiger partial charge in [0.1, 0.15) is 29.5 Å². The van der Waals surface area contributed by atoms with E-state index >= 15 is 0 Å². The van der Waals surface area contributed by atoms with E-state index in [0.717, 1.165) is 23.1 Å². The number of halogens is 2. The summed E-state index contributed by atoms with van der Waals surface area (Å²) >= 11 is 5.83. The van der Waals surface area contributed by atoms with Gasteiger partial charge in [-0.3, -0.25) is 4.79 Å². The van der Waals surface area contributed by atoms with Gasteiger partial charge in [-0.2, -0.15) is 10.5 Å². The molecular formula is C20H15ClFN3O4. The fraction of sp³-hybridized carbons (Fsp3) is 0.150. The number of nitriles is 2. The van der Waals surface area contributed by atoms with Crippen LogP contribution in [0.15, 0.2) is 35.9 Å². The van der Waals surface area contributed by atoms with Crippen LogP contribution in [0.3, 0.4) is 0 Å². The highest BCUT2D eigenvalue weighted by Gasteiger charge is 2.23. The van der Waals surface area contributed by atoms with Crippen molar-refractivity contribution in [2.45, 2.75) is 13.2 Å². The third-order valence-electron chi connectivity index (χ3n) is 4.08. The standard InChI is InChI=1S/C20H15ClFN3O4/c1-25(9-13-6-15(21)2-3-17(13)22)20(29)16(8-24)19(28)11-4-12(7-23)18(27)14(5-11)10-26/h2-6,26-28H,9-10H2,1H3/b19-16-. The summed E-state index contributed by atoms with van der Waals surface area (Å²) in [5, 5.41) is 48.3. The quantitative estimate of drug-likeness (QED) is 0.391. The van der Waals surface area contributed by atoms with Crippen LogP contribution in [-0.2, 0) is 17.9 Å². The highest BCUT2D eigenvalue weighted by Crippen LogP contribution is 2.28. The fourth-order valence-electron chi connectivity index (χ4n) is 2.57. The van der Waals surface area contributed by atoms with Crippen LogP contribution in [0.4, 0.5) is 4.39 Å². The van der Waals surface area contributed by atoms with Crippen LogP contribution in [0.1, 0.15) is 22.3 Å². The van der Waals surface area contributed by atoms with Gasteiger partial charge in [0, 0.05) is 35.3 Å². The van der Waals surface area contributed by atoms with E-state index in [1.165, 1.54) is 19.2 Å². The van der Waals surface area contributed by atoms with Crippen molar-refractivity contribution in [3.8, 4) is 17.9 Å². The molecule has 148 valence electrons. The molecule has 0 fully saturated rings. The van der Waals surface area contributed by atoms with Crippen molar-refractivity contribution >= 4 is 23.3 Å². The van der Waals surface area contributed by atoms with Crippen LogP contribution in [0.2, 0.25) is 5.02 Å². The van der Waals surface area contributed by atoms with Crippen molar-refractivity contribution in [2.75, 3.05) is 7.05 Å². The number of nitrogens with zero attached hydrogens (tertiary/aromatic N) is 3. The summed E-state index contributed by atoms with van der Waals surface area (Å²) in [5.74, 6) is -2.71. The van der Waals surface area contributed by atoms with E-state index in [2.05, 4.69) is 0 Å². The molecule has 0 aliphatic rings. The number of aliphatic hydroxyl groups excluding tert-OH is 2. The molecule has 7 nitrogen and oxygen atoms in total. The lowest BCUT2D eigenvalue weighted by atomic mass is 10.0. The van der Waals surface area contributed by atoms with Crippen molar-refractivity contribution in [3.05, 3.63) is 69.0 Å². The van der Waals surface area contributed by atoms with Crippen molar-refractivity contribution in [1.29, 1.82) is 10.5 Å². The molecule has 0 radical (unpaired) electrons. The van der Waals surface area contributed by atoms with E-state index in [0.29, 0.717) is 0 Å². The summed E-state index contributed by atoms with van der Waals surface area (Å²) in [6, 6.07) is 9.34. The highest BCUT2D eigenvalue weighted by atomic mass is 35.5. The summed E-state index contributed by atoms with van der Waals surface area (Å²) in [7, 11) is 1.31. The first kappa shape index (κ1) is 21.7. The Morgan fingerprint density at radius 3 is 2.52 bits per heavy atom. The van der Waals surface area contributed by atoms with Gasteiger partial charge in [-0.15, -0.1) is 0 Å². The molecule has 0 unspecified atom stereocenters. The third kappa shape index (κ3) is 4.64. The Balaban J connectivity index is 2.44. The molecule has 0 saturated carbocycles. The second kappa shape index (κ2) is 9.07. The average Bonchev–Trinajstić information content (AvgIpc) is 2.71. The zero-order valence-corrected chi connectivity index (χ0v) is 15.9. The first-order chi connectivity index (χ1) is 13.7. The van der Waals surface area contributed by atoms with E-state index in [1.807, 2.05) is 0 Å². The minimum Gasteiger partial charge on any atom is -0.506 e. The lowest BCUT2D eigenvalue weighted by Gasteiger charge is -2.18. The Kier molecular flexibility index (Phi) is 6.79. The second-order valence-corrected chi connectivity index (χ2v) is 6.47. The zero-order chi connectivity index (χ0) is 21.7. The number of carbonyl (C=O) groups excluding carboxylic acids is 1. The molecule has 0 spiro atoms. The van der Waals surface area contributed by atoms with Gasteiger partial charge < -0.3 is 20.2 Å². The largest absolute Gasteiger partial charge is 0.506 e. The lowest BCUT2D eigenvalue weighted by molar-refractivity contribution is -0.126. The topological polar surface area (TPSA) is 129 Å².